The highest BCUT2D eigenvalue weighted by molar-refractivity contribution is 6.29. The third-order valence-electron chi connectivity index (χ3n) is 10.8. The van der Waals surface area contributed by atoms with Gasteiger partial charge in [0.25, 0.3) is 0 Å². The molecule has 3 heteroatoms. The lowest BCUT2D eigenvalue weighted by Gasteiger charge is -2.32. The van der Waals surface area contributed by atoms with Crippen molar-refractivity contribution in [2.24, 2.45) is 0 Å². The van der Waals surface area contributed by atoms with E-state index in [9.17, 15) is 0 Å². The van der Waals surface area contributed by atoms with Gasteiger partial charge in [0, 0.05) is 55.3 Å². The Morgan fingerprint density at radius 3 is 1.75 bits per heavy atom. The highest BCUT2D eigenvalue weighted by Crippen LogP contribution is 2.50. The zero-order chi connectivity index (χ0) is 36.9. The molecule has 0 atom stereocenters. The van der Waals surface area contributed by atoms with Crippen molar-refractivity contribution in [3.05, 3.63) is 200 Å². The zero-order valence-electron chi connectivity index (χ0n) is 30.8. The van der Waals surface area contributed by atoms with E-state index in [0.717, 1.165) is 67.2 Å². The van der Waals surface area contributed by atoms with E-state index >= 15 is 0 Å². The molecule has 0 unspecified atom stereocenters. The Morgan fingerprint density at radius 2 is 1.09 bits per heavy atom. The van der Waals surface area contributed by atoms with E-state index in [1.54, 1.807) is 0 Å². The molecule has 3 nitrogen and oxygen atoms in total. The molecule has 10 aromatic rings. The highest BCUT2D eigenvalue weighted by Gasteiger charge is 2.24. The summed E-state index contributed by atoms with van der Waals surface area (Å²) in [6.07, 6.45) is 6.40. The van der Waals surface area contributed by atoms with Crippen LogP contribution in [-0.4, -0.2) is 0 Å². The standard InChI is InChI=1S/C52H38N2O/c1-3-4-17-35(2)53(39-18-8-5-9-19-39)47-34-48(54(40-20-10-6-11-21-40)41-22-12-7-13-23-41)46-31-29-37-33-38(32-36-28-30-45(47)51(46)50(36)37)42-25-16-26-44-43-24-14-15-27-49(43)55-52(42)44/h3-34H,1-2H3. The molecule has 0 amide bonds. The second-order valence-electron chi connectivity index (χ2n) is 14.1. The van der Waals surface area contributed by atoms with Gasteiger partial charge in [0.2, 0.25) is 0 Å². The van der Waals surface area contributed by atoms with Gasteiger partial charge in [-0.25, -0.2) is 0 Å². The molecule has 0 radical (unpaired) electrons. The molecule has 0 saturated heterocycles. The predicted octanol–water partition coefficient (Wildman–Crippen LogP) is 15.2. The maximum Gasteiger partial charge on any atom is 0.143 e. The van der Waals surface area contributed by atoms with E-state index in [2.05, 4.69) is 212 Å². The summed E-state index contributed by atoms with van der Waals surface area (Å²) in [6.45, 7) is 4.26. The lowest BCUT2D eigenvalue weighted by molar-refractivity contribution is 0.670. The maximum atomic E-state index is 6.53. The number of nitrogens with zero attached hydrogens (tertiary/aromatic N) is 2. The topological polar surface area (TPSA) is 19.6 Å². The lowest BCUT2D eigenvalue weighted by Crippen LogP contribution is -2.17. The third kappa shape index (κ3) is 5.43. The van der Waals surface area contributed by atoms with Crippen LogP contribution >= 0.6 is 0 Å². The number of furan rings is 1. The smallest absolute Gasteiger partial charge is 0.143 e. The Hall–Kier alpha value is -7.10. The normalized spacial score (nSPS) is 12.2. The average Bonchev–Trinajstić information content (AvgIpc) is 3.63. The fourth-order valence-electron chi connectivity index (χ4n) is 8.38. The molecule has 10 rings (SSSR count). The first-order valence-corrected chi connectivity index (χ1v) is 18.9. The van der Waals surface area contributed by atoms with Crippen LogP contribution in [0.4, 0.5) is 28.4 Å². The summed E-state index contributed by atoms with van der Waals surface area (Å²) in [5.41, 5.74) is 10.7. The van der Waals surface area contributed by atoms with E-state index in [0.29, 0.717) is 0 Å². The first-order chi connectivity index (χ1) is 27.2. The van der Waals surface area contributed by atoms with Crippen LogP contribution in [0.2, 0.25) is 0 Å². The maximum absolute atomic E-state index is 6.53. The van der Waals surface area contributed by atoms with Gasteiger partial charge in [-0.05, 0) is 102 Å². The van der Waals surface area contributed by atoms with Gasteiger partial charge in [0.05, 0.1) is 11.4 Å². The van der Waals surface area contributed by atoms with Crippen LogP contribution in [-0.2, 0) is 0 Å². The molecule has 9 aromatic carbocycles. The van der Waals surface area contributed by atoms with Gasteiger partial charge in [-0.3, -0.25) is 0 Å². The van der Waals surface area contributed by atoms with Crippen molar-refractivity contribution in [2.75, 3.05) is 9.80 Å². The monoisotopic (exact) mass is 706 g/mol. The predicted molar refractivity (Wildman–Crippen MR) is 235 cm³/mol. The number of hydrogen-bond acceptors (Lipinski definition) is 3. The van der Waals surface area contributed by atoms with Crippen molar-refractivity contribution in [1.82, 2.24) is 0 Å². The summed E-state index contributed by atoms with van der Waals surface area (Å²) < 4.78 is 6.53. The van der Waals surface area contributed by atoms with Crippen molar-refractivity contribution in [1.29, 1.82) is 0 Å². The molecular formula is C52H38N2O. The van der Waals surface area contributed by atoms with Crippen LogP contribution < -0.4 is 9.80 Å². The molecular weight excluding hydrogens is 669 g/mol. The van der Waals surface area contributed by atoms with Gasteiger partial charge in [-0.2, -0.15) is 0 Å². The Bertz CT molecular complexity index is 2990. The Kier molecular flexibility index (Phi) is 7.92. The summed E-state index contributed by atoms with van der Waals surface area (Å²) >= 11 is 0. The minimum atomic E-state index is 0.908. The first kappa shape index (κ1) is 32.5. The number of allylic oxidation sites excluding steroid dienone is 4. The minimum absolute atomic E-state index is 0.908. The zero-order valence-corrected chi connectivity index (χ0v) is 30.8. The second kappa shape index (κ2) is 13.4. The van der Waals surface area contributed by atoms with E-state index in [1.165, 1.54) is 32.3 Å². The molecule has 0 bridgehead atoms. The van der Waals surface area contributed by atoms with E-state index < -0.39 is 0 Å². The summed E-state index contributed by atoms with van der Waals surface area (Å²) in [5, 5.41) is 9.55. The molecule has 55 heavy (non-hydrogen) atoms. The van der Waals surface area contributed by atoms with Crippen LogP contribution in [0.25, 0.3) is 65.4 Å². The van der Waals surface area contributed by atoms with Gasteiger partial charge in [-0.1, -0.05) is 127 Å². The van der Waals surface area contributed by atoms with Crippen LogP contribution in [0.5, 0.6) is 0 Å². The van der Waals surface area contributed by atoms with Crippen molar-refractivity contribution in [3.8, 4) is 11.1 Å². The fourth-order valence-corrected chi connectivity index (χ4v) is 8.38. The van der Waals surface area contributed by atoms with E-state index in [1.807, 2.05) is 6.07 Å². The van der Waals surface area contributed by atoms with E-state index in [4.69, 9.17) is 4.42 Å². The number of para-hydroxylation sites is 5. The number of rotatable bonds is 8. The number of hydrogen-bond donors (Lipinski definition) is 0. The number of benzene rings is 9. The van der Waals surface area contributed by atoms with Crippen molar-refractivity contribution in [2.45, 2.75) is 13.8 Å². The quantitative estimate of drug-likeness (QED) is 0.116. The molecule has 0 N–H and O–H groups in total. The van der Waals surface area contributed by atoms with Crippen LogP contribution in [0.3, 0.4) is 0 Å². The molecule has 0 aliphatic heterocycles. The highest BCUT2D eigenvalue weighted by atomic mass is 16.3. The van der Waals surface area contributed by atoms with Gasteiger partial charge >= 0.3 is 0 Å². The molecule has 0 aliphatic carbocycles. The summed E-state index contributed by atoms with van der Waals surface area (Å²) in [5.74, 6) is 0. The Labute approximate surface area is 320 Å². The SMILES string of the molecule is CC=CC=C(C)N(c1ccccc1)c1cc(N(c2ccccc2)c2ccccc2)c2ccc3cc(-c4cccc5c4oc4ccccc45)cc4ccc1c2c43. The number of anilines is 5. The number of fused-ring (bicyclic) bond motifs is 3. The molecule has 0 fully saturated rings. The molecule has 0 aliphatic rings. The summed E-state index contributed by atoms with van der Waals surface area (Å²) in [6, 6.07) is 63.2. The largest absolute Gasteiger partial charge is 0.455 e. The third-order valence-corrected chi connectivity index (χ3v) is 10.8. The molecule has 262 valence electrons. The second-order valence-corrected chi connectivity index (χ2v) is 14.1. The Balaban J connectivity index is 1.30. The van der Waals surface area contributed by atoms with E-state index in [-0.39, 0.29) is 0 Å². The van der Waals surface area contributed by atoms with Gasteiger partial charge in [0.1, 0.15) is 11.2 Å². The van der Waals surface area contributed by atoms with Gasteiger partial charge in [0.15, 0.2) is 0 Å². The molecule has 0 saturated carbocycles. The van der Waals surface area contributed by atoms with Crippen LogP contribution in [0.15, 0.2) is 204 Å². The molecule has 1 aromatic heterocycles. The van der Waals surface area contributed by atoms with Crippen molar-refractivity contribution in [3.63, 3.8) is 0 Å². The lowest BCUT2D eigenvalue weighted by atomic mass is 9.89. The average molecular weight is 707 g/mol. The Morgan fingerprint density at radius 1 is 0.509 bits per heavy atom. The minimum Gasteiger partial charge on any atom is -0.455 e. The summed E-state index contributed by atoms with van der Waals surface area (Å²) in [7, 11) is 0. The first-order valence-electron chi connectivity index (χ1n) is 18.9. The van der Waals surface area contributed by atoms with Crippen molar-refractivity contribution < 1.29 is 4.42 Å². The van der Waals surface area contributed by atoms with Crippen molar-refractivity contribution >= 4 is 82.7 Å². The molecule has 0 spiro atoms. The fraction of sp³-hybridized carbons (Fsp3) is 0.0385. The van der Waals surface area contributed by atoms with Crippen LogP contribution in [0.1, 0.15) is 13.8 Å². The van der Waals surface area contributed by atoms with Crippen LogP contribution in [0, 0.1) is 0 Å². The van der Waals surface area contributed by atoms with Gasteiger partial charge < -0.3 is 14.2 Å². The van der Waals surface area contributed by atoms with Gasteiger partial charge in [-0.15, -0.1) is 0 Å². The molecule has 1 heterocycles. The summed E-state index contributed by atoms with van der Waals surface area (Å²) in [4.78, 5) is 4.80.